The zero-order valence-corrected chi connectivity index (χ0v) is 9.52. The molecule has 0 spiro atoms. The van der Waals surface area contributed by atoms with Gasteiger partial charge in [-0.05, 0) is 53.0 Å². The second-order valence-corrected chi connectivity index (χ2v) is 3.86. The highest BCUT2D eigenvalue weighted by Gasteiger charge is 2.03. The normalized spacial score (nSPS) is 10.2. The average molecular weight is 244 g/mol. The van der Waals surface area contributed by atoms with E-state index < -0.39 is 0 Å². The summed E-state index contributed by atoms with van der Waals surface area (Å²) in [6.07, 6.45) is 0. The summed E-state index contributed by atoms with van der Waals surface area (Å²) < 4.78 is 6.44. The summed E-state index contributed by atoms with van der Waals surface area (Å²) >= 11 is 3.45. The molecule has 3 heteroatoms. The molecule has 0 saturated carbocycles. The van der Waals surface area contributed by atoms with Crippen LogP contribution in [0.15, 0.2) is 16.6 Å². The Bertz CT molecular complexity index is 299. The Kier molecular flexibility index (Phi) is 3.75. The van der Waals surface area contributed by atoms with E-state index in [0.717, 1.165) is 10.2 Å². The highest BCUT2D eigenvalue weighted by atomic mass is 79.9. The largest absolute Gasteiger partial charge is 0.491 e. The number of rotatable bonds is 3. The molecule has 2 nitrogen and oxygen atoms in total. The average Bonchev–Trinajstić information content (AvgIpc) is 2.09. The van der Waals surface area contributed by atoms with Gasteiger partial charge < -0.3 is 10.5 Å². The summed E-state index contributed by atoms with van der Waals surface area (Å²) in [5, 5.41) is 0. The molecule has 1 aromatic carbocycles. The van der Waals surface area contributed by atoms with Crippen LogP contribution in [0.3, 0.4) is 0 Å². The van der Waals surface area contributed by atoms with E-state index in [0.29, 0.717) is 13.2 Å². The molecule has 1 aromatic rings. The first-order valence-corrected chi connectivity index (χ1v) is 5.04. The van der Waals surface area contributed by atoms with Gasteiger partial charge in [0.15, 0.2) is 0 Å². The van der Waals surface area contributed by atoms with Gasteiger partial charge in [0.05, 0.1) is 4.47 Å². The Morgan fingerprint density at radius 2 is 1.92 bits per heavy atom. The van der Waals surface area contributed by atoms with Gasteiger partial charge in [0.2, 0.25) is 0 Å². The van der Waals surface area contributed by atoms with Crippen molar-refractivity contribution in [2.75, 3.05) is 13.2 Å². The lowest BCUT2D eigenvalue weighted by atomic mass is 10.1. The van der Waals surface area contributed by atoms with Crippen molar-refractivity contribution in [2.45, 2.75) is 13.8 Å². The lowest BCUT2D eigenvalue weighted by Gasteiger charge is -2.09. The Hall–Kier alpha value is -0.540. The van der Waals surface area contributed by atoms with Crippen molar-refractivity contribution in [3.8, 4) is 5.75 Å². The molecule has 0 radical (unpaired) electrons. The second kappa shape index (κ2) is 4.63. The molecule has 0 aromatic heterocycles. The summed E-state index contributed by atoms with van der Waals surface area (Å²) in [6.45, 7) is 5.24. The van der Waals surface area contributed by atoms with Crippen molar-refractivity contribution in [3.63, 3.8) is 0 Å². The SMILES string of the molecule is Cc1cc(Br)c(OCCN)cc1C. The molecule has 0 aliphatic heterocycles. The molecule has 0 saturated heterocycles. The predicted octanol–water partition coefficient (Wildman–Crippen LogP) is 2.40. The quantitative estimate of drug-likeness (QED) is 0.886. The van der Waals surface area contributed by atoms with Crippen LogP contribution in [-0.4, -0.2) is 13.2 Å². The van der Waals surface area contributed by atoms with Gasteiger partial charge in [0.25, 0.3) is 0 Å². The molecular formula is C10H14BrNO. The third-order valence-corrected chi connectivity index (χ3v) is 2.54. The maximum atomic E-state index is 5.45. The Morgan fingerprint density at radius 3 is 2.54 bits per heavy atom. The maximum absolute atomic E-state index is 5.45. The third kappa shape index (κ3) is 2.71. The van der Waals surface area contributed by atoms with E-state index in [2.05, 4.69) is 35.8 Å². The van der Waals surface area contributed by atoms with Crippen LogP contribution in [0.1, 0.15) is 11.1 Å². The number of halogens is 1. The van der Waals surface area contributed by atoms with Crippen molar-refractivity contribution in [2.24, 2.45) is 5.73 Å². The topological polar surface area (TPSA) is 35.2 Å². The van der Waals surface area contributed by atoms with Gasteiger partial charge in [-0.25, -0.2) is 0 Å². The van der Waals surface area contributed by atoms with Gasteiger partial charge in [-0.2, -0.15) is 0 Å². The van der Waals surface area contributed by atoms with Crippen LogP contribution in [0.4, 0.5) is 0 Å². The molecule has 0 unspecified atom stereocenters. The van der Waals surface area contributed by atoms with Crippen LogP contribution in [-0.2, 0) is 0 Å². The van der Waals surface area contributed by atoms with Crippen LogP contribution >= 0.6 is 15.9 Å². The fourth-order valence-corrected chi connectivity index (χ4v) is 1.61. The zero-order valence-electron chi connectivity index (χ0n) is 7.93. The van der Waals surface area contributed by atoms with E-state index in [1.807, 2.05) is 6.07 Å². The first-order valence-electron chi connectivity index (χ1n) is 4.24. The van der Waals surface area contributed by atoms with Gasteiger partial charge in [-0.15, -0.1) is 0 Å². The zero-order chi connectivity index (χ0) is 9.84. The number of ether oxygens (including phenoxy) is 1. The Morgan fingerprint density at radius 1 is 1.31 bits per heavy atom. The fraction of sp³-hybridized carbons (Fsp3) is 0.400. The summed E-state index contributed by atoms with van der Waals surface area (Å²) in [4.78, 5) is 0. The first-order chi connectivity index (χ1) is 6.15. The summed E-state index contributed by atoms with van der Waals surface area (Å²) in [6, 6.07) is 4.08. The standard InChI is InChI=1S/C10H14BrNO/c1-7-5-9(11)10(6-8(7)2)13-4-3-12/h5-6H,3-4,12H2,1-2H3. The molecule has 0 aliphatic carbocycles. The van der Waals surface area contributed by atoms with Gasteiger partial charge in [-0.1, -0.05) is 0 Å². The molecule has 0 heterocycles. The van der Waals surface area contributed by atoms with Crippen LogP contribution in [0.5, 0.6) is 5.75 Å². The highest BCUT2D eigenvalue weighted by Crippen LogP contribution is 2.27. The third-order valence-electron chi connectivity index (χ3n) is 1.92. The molecule has 0 atom stereocenters. The molecule has 0 bridgehead atoms. The minimum Gasteiger partial charge on any atom is -0.491 e. The van der Waals surface area contributed by atoms with Gasteiger partial charge in [0, 0.05) is 6.54 Å². The number of nitrogens with two attached hydrogens (primary N) is 1. The van der Waals surface area contributed by atoms with Crippen LogP contribution < -0.4 is 10.5 Å². The Balaban J connectivity index is 2.88. The molecule has 13 heavy (non-hydrogen) atoms. The van der Waals surface area contributed by atoms with Gasteiger partial charge in [0.1, 0.15) is 12.4 Å². The molecule has 0 aliphatic rings. The molecular weight excluding hydrogens is 230 g/mol. The smallest absolute Gasteiger partial charge is 0.133 e. The van der Waals surface area contributed by atoms with E-state index >= 15 is 0 Å². The summed E-state index contributed by atoms with van der Waals surface area (Å²) in [5.74, 6) is 0.869. The van der Waals surface area contributed by atoms with E-state index in [9.17, 15) is 0 Å². The van der Waals surface area contributed by atoms with Crippen LogP contribution in [0, 0.1) is 13.8 Å². The van der Waals surface area contributed by atoms with Crippen molar-refractivity contribution >= 4 is 15.9 Å². The minimum absolute atomic E-state index is 0.541. The van der Waals surface area contributed by atoms with E-state index in [4.69, 9.17) is 10.5 Å². The predicted molar refractivity (Wildman–Crippen MR) is 58.2 cm³/mol. The first kappa shape index (κ1) is 10.5. The van der Waals surface area contributed by atoms with Crippen LogP contribution in [0.2, 0.25) is 0 Å². The summed E-state index contributed by atoms with van der Waals surface area (Å²) in [7, 11) is 0. The molecule has 72 valence electrons. The van der Waals surface area contributed by atoms with E-state index in [1.165, 1.54) is 11.1 Å². The number of aryl methyl sites for hydroxylation is 2. The van der Waals surface area contributed by atoms with Crippen molar-refractivity contribution in [3.05, 3.63) is 27.7 Å². The van der Waals surface area contributed by atoms with Crippen molar-refractivity contribution < 1.29 is 4.74 Å². The molecule has 1 rings (SSSR count). The second-order valence-electron chi connectivity index (χ2n) is 3.00. The number of benzene rings is 1. The fourth-order valence-electron chi connectivity index (χ4n) is 1.03. The lowest BCUT2D eigenvalue weighted by Crippen LogP contribution is -2.10. The highest BCUT2D eigenvalue weighted by molar-refractivity contribution is 9.10. The van der Waals surface area contributed by atoms with Crippen molar-refractivity contribution in [1.82, 2.24) is 0 Å². The Labute approximate surface area is 87.2 Å². The maximum Gasteiger partial charge on any atom is 0.133 e. The van der Waals surface area contributed by atoms with Crippen LogP contribution in [0.25, 0.3) is 0 Å². The van der Waals surface area contributed by atoms with Crippen molar-refractivity contribution in [1.29, 1.82) is 0 Å². The number of hydrogen-bond acceptors (Lipinski definition) is 2. The van der Waals surface area contributed by atoms with Gasteiger partial charge >= 0.3 is 0 Å². The lowest BCUT2D eigenvalue weighted by molar-refractivity contribution is 0.326. The minimum atomic E-state index is 0.541. The van der Waals surface area contributed by atoms with E-state index in [-0.39, 0.29) is 0 Å². The molecule has 0 fully saturated rings. The van der Waals surface area contributed by atoms with E-state index in [1.54, 1.807) is 0 Å². The number of hydrogen-bond donors (Lipinski definition) is 1. The monoisotopic (exact) mass is 243 g/mol. The van der Waals surface area contributed by atoms with Gasteiger partial charge in [-0.3, -0.25) is 0 Å². The summed E-state index contributed by atoms with van der Waals surface area (Å²) in [5.41, 5.74) is 7.84. The molecule has 0 amide bonds. The molecule has 2 N–H and O–H groups in total.